The summed E-state index contributed by atoms with van der Waals surface area (Å²) < 4.78 is 38.0. The minimum atomic E-state index is -4.63. The number of pyridine rings is 1. The molecule has 1 aromatic rings. The molecule has 0 aromatic carbocycles. The van der Waals surface area contributed by atoms with Crippen molar-refractivity contribution in [2.45, 2.75) is 25.1 Å². The molecule has 6 nitrogen and oxygen atoms in total. The normalized spacial score (nSPS) is 17.3. The lowest BCUT2D eigenvalue weighted by Crippen LogP contribution is -2.40. The van der Waals surface area contributed by atoms with Crippen molar-refractivity contribution in [2.75, 3.05) is 18.0 Å². The summed E-state index contributed by atoms with van der Waals surface area (Å²) in [6.07, 6.45) is -2.80. The number of halogens is 3. The number of anilines is 1. The molecular weight excluding hydrogens is 277 g/mol. The van der Waals surface area contributed by atoms with Crippen LogP contribution in [0.2, 0.25) is 0 Å². The van der Waals surface area contributed by atoms with Crippen LogP contribution in [0.15, 0.2) is 12.3 Å². The van der Waals surface area contributed by atoms with E-state index >= 15 is 0 Å². The summed E-state index contributed by atoms with van der Waals surface area (Å²) in [6.45, 7) is 0.784. The Hall–Kier alpha value is -1.90. The SMILES string of the molecule is NC1CCN(c2cc(C(F)(F)F)ncc2[N+](=O)[O-])CC1. The first-order valence-electron chi connectivity index (χ1n) is 6.01. The molecule has 20 heavy (non-hydrogen) atoms. The quantitative estimate of drug-likeness (QED) is 0.664. The predicted octanol–water partition coefficient (Wildman–Crippen LogP) is 1.94. The van der Waals surface area contributed by atoms with Crippen LogP contribution < -0.4 is 10.6 Å². The van der Waals surface area contributed by atoms with Crippen molar-refractivity contribution < 1.29 is 18.1 Å². The highest BCUT2D eigenvalue weighted by Gasteiger charge is 2.35. The van der Waals surface area contributed by atoms with Crippen LogP contribution in [-0.4, -0.2) is 29.0 Å². The van der Waals surface area contributed by atoms with E-state index in [0.717, 1.165) is 6.07 Å². The van der Waals surface area contributed by atoms with E-state index in [9.17, 15) is 23.3 Å². The molecular formula is C11H13F3N4O2. The standard InChI is InChI=1S/C11H13F3N4O2/c12-11(13,14)10-5-8(9(6-16-10)18(19)20)17-3-1-7(15)2-4-17/h5-7H,1-4,15H2. The van der Waals surface area contributed by atoms with Crippen LogP contribution in [0.3, 0.4) is 0 Å². The Kier molecular flexibility index (Phi) is 3.80. The fraction of sp³-hybridized carbons (Fsp3) is 0.545. The third-order valence-corrected chi connectivity index (χ3v) is 3.23. The van der Waals surface area contributed by atoms with Gasteiger partial charge in [0, 0.05) is 19.1 Å². The van der Waals surface area contributed by atoms with E-state index < -0.39 is 22.5 Å². The second-order valence-electron chi connectivity index (χ2n) is 4.64. The molecule has 0 atom stereocenters. The van der Waals surface area contributed by atoms with Gasteiger partial charge in [-0.15, -0.1) is 0 Å². The van der Waals surface area contributed by atoms with Crippen LogP contribution >= 0.6 is 0 Å². The van der Waals surface area contributed by atoms with Crippen molar-refractivity contribution >= 4 is 11.4 Å². The maximum absolute atomic E-state index is 12.7. The van der Waals surface area contributed by atoms with E-state index in [1.165, 1.54) is 0 Å². The van der Waals surface area contributed by atoms with Gasteiger partial charge in [0.05, 0.1) is 4.92 Å². The summed E-state index contributed by atoms with van der Waals surface area (Å²) in [6, 6.07) is 0.712. The fourth-order valence-electron chi connectivity index (χ4n) is 2.13. The van der Waals surface area contributed by atoms with Crippen LogP contribution in [0.1, 0.15) is 18.5 Å². The highest BCUT2D eigenvalue weighted by molar-refractivity contribution is 5.63. The Morgan fingerprint density at radius 3 is 2.50 bits per heavy atom. The van der Waals surface area contributed by atoms with Crippen LogP contribution in [0.5, 0.6) is 0 Å². The molecule has 1 saturated heterocycles. The molecule has 2 N–H and O–H groups in total. The van der Waals surface area contributed by atoms with Gasteiger partial charge in [0.1, 0.15) is 17.6 Å². The van der Waals surface area contributed by atoms with Gasteiger partial charge in [-0.05, 0) is 18.9 Å². The third kappa shape index (κ3) is 2.98. The molecule has 0 unspecified atom stereocenters. The lowest BCUT2D eigenvalue weighted by atomic mass is 10.1. The van der Waals surface area contributed by atoms with E-state index in [0.29, 0.717) is 32.1 Å². The van der Waals surface area contributed by atoms with E-state index in [1.807, 2.05) is 0 Å². The molecule has 1 aliphatic rings. The zero-order valence-electron chi connectivity index (χ0n) is 10.4. The van der Waals surface area contributed by atoms with Crippen molar-refractivity contribution in [2.24, 2.45) is 5.73 Å². The second kappa shape index (κ2) is 5.23. The van der Waals surface area contributed by atoms with Crippen LogP contribution in [0, 0.1) is 10.1 Å². The summed E-state index contributed by atoms with van der Waals surface area (Å²) >= 11 is 0. The van der Waals surface area contributed by atoms with E-state index in [-0.39, 0.29) is 11.7 Å². The molecule has 9 heteroatoms. The number of nitrogens with two attached hydrogens (primary N) is 1. The Bertz CT molecular complexity index is 513. The second-order valence-corrected chi connectivity index (χ2v) is 4.64. The molecule has 0 aliphatic carbocycles. The molecule has 2 rings (SSSR count). The minimum Gasteiger partial charge on any atom is -0.366 e. The van der Waals surface area contributed by atoms with E-state index in [2.05, 4.69) is 4.98 Å². The number of alkyl halides is 3. The highest BCUT2D eigenvalue weighted by atomic mass is 19.4. The van der Waals surface area contributed by atoms with Crippen molar-refractivity contribution in [3.8, 4) is 0 Å². The number of nitrogens with zero attached hydrogens (tertiary/aromatic N) is 3. The zero-order valence-corrected chi connectivity index (χ0v) is 10.4. The van der Waals surface area contributed by atoms with E-state index in [1.54, 1.807) is 4.90 Å². The predicted molar refractivity (Wildman–Crippen MR) is 65.3 cm³/mol. The maximum atomic E-state index is 12.7. The summed E-state index contributed by atoms with van der Waals surface area (Å²) in [5.74, 6) is 0. The average Bonchev–Trinajstić information content (AvgIpc) is 2.37. The number of aromatic nitrogens is 1. The van der Waals surface area contributed by atoms with Crippen molar-refractivity contribution in [1.82, 2.24) is 4.98 Å². The molecule has 0 radical (unpaired) electrons. The number of hydrogen-bond donors (Lipinski definition) is 1. The van der Waals surface area contributed by atoms with Gasteiger partial charge in [-0.1, -0.05) is 0 Å². The van der Waals surface area contributed by atoms with E-state index in [4.69, 9.17) is 5.73 Å². The van der Waals surface area contributed by atoms with Gasteiger partial charge in [0.2, 0.25) is 0 Å². The van der Waals surface area contributed by atoms with Crippen molar-refractivity contribution in [3.05, 3.63) is 28.1 Å². The summed E-state index contributed by atoms with van der Waals surface area (Å²) in [7, 11) is 0. The average molecular weight is 290 g/mol. The lowest BCUT2D eigenvalue weighted by molar-refractivity contribution is -0.384. The lowest BCUT2D eigenvalue weighted by Gasteiger charge is -2.31. The Morgan fingerprint density at radius 2 is 2.00 bits per heavy atom. The summed E-state index contributed by atoms with van der Waals surface area (Å²) in [5, 5.41) is 10.9. The van der Waals surface area contributed by atoms with Gasteiger partial charge in [0.25, 0.3) is 0 Å². The molecule has 0 saturated carbocycles. The molecule has 0 spiro atoms. The van der Waals surface area contributed by atoms with Gasteiger partial charge in [-0.2, -0.15) is 13.2 Å². The Balaban J connectivity index is 2.39. The Morgan fingerprint density at radius 1 is 1.40 bits per heavy atom. The van der Waals surface area contributed by atoms with Gasteiger partial charge in [-0.25, -0.2) is 4.98 Å². The summed E-state index contributed by atoms with van der Waals surface area (Å²) in [5.41, 5.74) is 4.11. The largest absolute Gasteiger partial charge is 0.433 e. The number of rotatable bonds is 2. The fourth-order valence-corrected chi connectivity index (χ4v) is 2.13. The van der Waals surface area contributed by atoms with Crippen LogP contribution in [0.4, 0.5) is 24.5 Å². The van der Waals surface area contributed by atoms with Gasteiger partial charge in [-0.3, -0.25) is 10.1 Å². The van der Waals surface area contributed by atoms with Crippen LogP contribution in [0.25, 0.3) is 0 Å². The molecule has 1 aromatic heterocycles. The maximum Gasteiger partial charge on any atom is 0.433 e. The molecule has 1 aliphatic heterocycles. The van der Waals surface area contributed by atoms with Crippen molar-refractivity contribution in [3.63, 3.8) is 0 Å². The molecule has 1 fully saturated rings. The number of hydrogen-bond acceptors (Lipinski definition) is 5. The summed E-state index contributed by atoms with van der Waals surface area (Å²) in [4.78, 5) is 14.9. The van der Waals surface area contributed by atoms with Crippen molar-refractivity contribution in [1.29, 1.82) is 0 Å². The van der Waals surface area contributed by atoms with Gasteiger partial charge >= 0.3 is 11.9 Å². The zero-order chi connectivity index (χ0) is 14.9. The number of nitro groups is 1. The topological polar surface area (TPSA) is 85.3 Å². The smallest absolute Gasteiger partial charge is 0.366 e. The molecule has 2 heterocycles. The highest BCUT2D eigenvalue weighted by Crippen LogP contribution is 2.35. The van der Waals surface area contributed by atoms with Gasteiger partial charge < -0.3 is 10.6 Å². The third-order valence-electron chi connectivity index (χ3n) is 3.23. The van der Waals surface area contributed by atoms with Crippen LogP contribution in [-0.2, 0) is 6.18 Å². The molecule has 0 amide bonds. The Labute approximate surface area is 112 Å². The first-order chi connectivity index (χ1) is 9.29. The minimum absolute atomic E-state index is 0.0192. The molecule has 110 valence electrons. The monoisotopic (exact) mass is 290 g/mol. The first kappa shape index (κ1) is 14.5. The van der Waals surface area contributed by atoms with Gasteiger partial charge in [0.15, 0.2) is 0 Å². The number of piperidine rings is 1. The molecule has 0 bridgehead atoms. The first-order valence-corrected chi connectivity index (χ1v) is 6.01.